The molecule has 5 nitrogen and oxygen atoms in total. The van der Waals surface area contributed by atoms with Gasteiger partial charge < -0.3 is 15.2 Å². The lowest BCUT2D eigenvalue weighted by atomic mass is 9.82. The molecule has 1 amide bonds. The van der Waals surface area contributed by atoms with Crippen molar-refractivity contribution in [2.75, 3.05) is 5.32 Å². The van der Waals surface area contributed by atoms with Crippen molar-refractivity contribution in [1.82, 2.24) is 0 Å². The first-order valence-electron chi connectivity index (χ1n) is 8.88. The number of carbonyl (C=O) groups excluding carboxylic acids is 1. The van der Waals surface area contributed by atoms with E-state index in [0.29, 0.717) is 33.7 Å². The van der Waals surface area contributed by atoms with Crippen LogP contribution in [0.25, 0.3) is 0 Å². The smallest absolute Gasteiger partial charge is 0.307 e. The quantitative estimate of drug-likeness (QED) is 0.651. The maximum absolute atomic E-state index is 12.9. The first-order chi connectivity index (χ1) is 13.4. The van der Waals surface area contributed by atoms with Crippen molar-refractivity contribution in [2.24, 2.45) is 23.7 Å². The Morgan fingerprint density at radius 3 is 2.43 bits per heavy atom. The summed E-state index contributed by atoms with van der Waals surface area (Å²) >= 11 is 12.1. The Hall–Kier alpha value is -2.50. The number of rotatable bonds is 5. The van der Waals surface area contributed by atoms with E-state index in [0.717, 1.165) is 0 Å². The predicted octanol–water partition coefficient (Wildman–Crippen LogP) is 5.25. The van der Waals surface area contributed by atoms with Crippen molar-refractivity contribution >= 4 is 40.8 Å². The molecule has 1 saturated carbocycles. The number of hydrogen-bond acceptors (Lipinski definition) is 3. The second-order valence-electron chi connectivity index (χ2n) is 7.00. The van der Waals surface area contributed by atoms with E-state index in [1.807, 2.05) is 12.2 Å². The molecule has 2 aromatic rings. The van der Waals surface area contributed by atoms with E-state index < -0.39 is 17.8 Å². The molecule has 0 aliphatic heterocycles. The van der Waals surface area contributed by atoms with Crippen LogP contribution in [0.4, 0.5) is 5.69 Å². The monoisotopic (exact) mass is 417 g/mol. The number of carboxylic acids is 1. The fourth-order valence-electron chi connectivity index (χ4n) is 4.07. The van der Waals surface area contributed by atoms with E-state index in [-0.39, 0.29) is 17.7 Å². The Balaban J connectivity index is 1.56. The molecule has 2 aromatic carbocycles. The van der Waals surface area contributed by atoms with Gasteiger partial charge in [-0.15, -0.1) is 0 Å². The number of amides is 1. The molecule has 2 N–H and O–H groups in total. The number of benzene rings is 2. The van der Waals surface area contributed by atoms with Gasteiger partial charge in [-0.05, 0) is 48.6 Å². The normalized spacial score (nSPS) is 24.9. The summed E-state index contributed by atoms with van der Waals surface area (Å²) in [5.74, 6) is -1.88. The number of anilines is 1. The van der Waals surface area contributed by atoms with Crippen LogP contribution in [-0.2, 0) is 9.59 Å². The fourth-order valence-corrected chi connectivity index (χ4v) is 4.51. The largest absolute Gasteiger partial charge is 0.481 e. The van der Waals surface area contributed by atoms with Gasteiger partial charge in [0.05, 0.1) is 22.5 Å². The van der Waals surface area contributed by atoms with E-state index >= 15 is 0 Å². The zero-order chi connectivity index (χ0) is 19.8. The summed E-state index contributed by atoms with van der Waals surface area (Å²) in [6.45, 7) is 0. The molecule has 7 heteroatoms. The lowest BCUT2D eigenvalue weighted by Gasteiger charge is -2.24. The van der Waals surface area contributed by atoms with Gasteiger partial charge in [-0.3, -0.25) is 9.59 Å². The van der Waals surface area contributed by atoms with Crippen molar-refractivity contribution in [3.63, 3.8) is 0 Å². The van der Waals surface area contributed by atoms with Crippen molar-refractivity contribution in [2.45, 2.75) is 6.42 Å². The van der Waals surface area contributed by atoms with Crippen molar-refractivity contribution in [3.8, 4) is 11.5 Å². The van der Waals surface area contributed by atoms with Gasteiger partial charge in [0.2, 0.25) is 5.91 Å². The van der Waals surface area contributed by atoms with Gasteiger partial charge in [0.15, 0.2) is 5.75 Å². The molecule has 0 spiro atoms. The summed E-state index contributed by atoms with van der Waals surface area (Å²) in [6.07, 6.45) is 4.56. The standard InChI is InChI=1S/C21H17Cl2NO4/c22-13-7-8-16(14(23)10-13)28-17-4-2-1-3-15(17)24-20(25)18-11-5-6-12(9-11)19(18)21(26)27/h1-8,10-12,18-19H,9H2,(H,24,25)(H,26,27)/t11-,12-,18-,19-/m0/s1. The molecule has 0 saturated heterocycles. The molecule has 0 radical (unpaired) electrons. The number of carboxylic acid groups (broad SMARTS) is 1. The topological polar surface area (TPSA) is 75.6 Å². The SMILES string of the molecule is O=C(O)[C@@H]1[C@@H](C(=O)Nc2ccccc2Oc2ccc(Cl)cc2Cl)[C@H]2C=C[C@H]1C2. The molecule has 28 heavy (non-hydrogen) atoms. The lowest BCUT2D eigenvalue weighted by molar-refractivity contribution is -0.146. The van der Waals surface area contributed by atoms with Crippen LogP contribution >= 0.6 is 23.2 Å². The highest BCUT2D eigenvalue weighted by Gasteiger charge is 2.51. The number of halogens is 2. The zero-order valence-electron chi connectivity index (χ0n) is 14.6. The average molecular weight is 418 g/mol. The van der Waals surface area contributed by atoms with E-state index in [2.05, 4.69) is 5.32 Å². The maximum atomic E-state index is 12.9. The van der Waals surface area contributed by atoms with Gasteiger partial charge in [0.1, 0.15) is 5.75 Å². The van der Waals surface area contributed by atoms with Crippen molar-refractivity contribution < 1.29 is 19.4 Å². The Morgan fingerprint density at radius 2 is 1.71 bits per heavy atom. The highest BCUT2D eigenvalue weighted by molar-refractivity contribution is 6.35. The molecule has 0 aromatic heterocycles. The molecule has 0 heterocycles. The number of carbonyl (C=O) groups is 2. The minimum atomic E-state index is -0.936. The van der Waals surface area contributed by atoms with Crippen LogP contribution in [0.2, 0.25) is 10.0 Å². The molecule has 0 unspecified atom stereocenters. The van der Waals surface area contributed by atoms with Gasteiger partial charge in [0, 0.05) is 5.02 Å². The first kappa shape index (κ1) is 18.8. The molecule has 2 aliphatic carbocycles. The van der Waals surface area contributed by atoms with Crippen molar-refractivity contribution in [3.05, 3.63) is 64.7 Å². The number of fused-ring (bicyclic) bond motifs is 2. The molecule has 4 atom stereocenters. The summed E-state index contributed by atoms with van der Waals surface area (Å²) in [4.78, 5) is 24.6. The molecule has 2 aliphatic rings. The highest BCUT2D eigenvalue weighted by atomic mass is 35.5. The maximum Gasteiger partial charge on any atom is 0.307 e. The zero-order valence-corrected chi connectivity index (χ0v) is 16.2. The fraction of sp³-hybridized carbons (Fsp3) is 0.238. The second kappa shape index (κ2) is 7.49. The summed E-state index contributed by atoms with van der Waals surface area (Å²) < 4.78 is 5.86. The Bertz CT molecular complexity index is 975. The molecular formula is C21H17Cl2NO4. The number of nitrogens with one attached hydrogen (secondary N) is 1. The number of para-hydroxylation sites is 2. The molecule has 144 valence electrons. The molecule has 4 rings (SSSR count). The number of ether oxygens (including phenoxy) is 1. The van der Waals surface area contributed by atoms with Gasteiger partial charge in [-0.2, -0.15) is 0 Å². The highest BCUT2D eigenvalue weighted by Crippen LogP contribution is 2.48. The van der Waals surface area contributed by atoms with Crippen LogP contribution in [0.5, 0.6) is 11.5 Å². The third-order valence-electron chi connectivity index (χ3n) is 5.31. The van der Waals surface area contributed by atoms with E-state index in [4.69, 9.17) is 27.9 Å². The summed E-state index contributed by atoms with van der Waals surface area (Å²) in [7, 11) is 0. The predicted molar refractivity (Wildman–Crippen MR) is 107 cm³/mol. The summed E-state index contributed by atoms with van der Waals surface area (Å²) in [5, 5.41) is 13.2. The molecule has 1 fully saturated rings. The molecular weight excluding hydrogens is 401 g/mol. The van der Waals surface area contributed by atoms with Crippen molar-refractivity contribution in [1.29, 1.82) is 0 Å². The van der Waals surface area contributed by atoms with E-state index in [1.165, 1.54) is 0 Å². The average Bonchev–Trinajstić information content (AvgIpc) is 3.27. The lowest BCUT2D eigenvalue weighted by Crippen LogP contribution is -2.36. The summed E-state index contributed by atoms with van der Waals surface area (Å²) in [5.41, 5.74) is 0.453. The van der Waals surface area contributed by atoms with Crippen LogP contribution in [0.1, 0.15) is 6.42 Å². The van der Waals surface area contributed by atoms with Crippen LogP contribution in [-0.4, -0.2) is 17.0 Å². The van der Waals surface area contributed by atoms with Gasteiger partial charge in [-0.25, -0.2) is 0 Å². The Labute approximate surface area is 171 Å². The summed E-state index contributed by atoms with van der Waals surface area (Å²) in [6, 6.07) is 11.8. The Kier molecular flexibility index (Phi) is 5.04. The Morgan fingerprint density at radius 1 is 1.00 bits per heavy atom. The van der Waals surface area contributed by atoms with Crippen LogP contribution in [0.15, 0.2) is 54.6 Å². The second-order valence-corrected chi connectivity index (χ2v) is 7.84. The minimum absolute atomic E-state index is 0.0510. The van der Waals surface area contributed by atoms with E-state index in [1.54, 1.807) is 42.5 Å². The molecule has 2 bridgehead atoms. The first-order valence-corrected chi connectivity index (χ1v) is 9.63. The third kappa shape index (κ3) is 3.48. The number of aliphatic carboxylic acids is 1. The van der Waals surface area contributed by atoms with Crippen LogP contribution in [0, 0.1) is 23.7 Å². The van der Waals surface area contributed by atoms with Gasteiger partial charge in [0.25, 0.3) is 0 Å². The number of allylic oxidation sites excluding steroid dienone is 2. The van der Waals surface area contributed by atoms with Gasteiger partial charge in [-0.1, -0.05) is 47.5 Å². The van der Waals surface area contributed by atoms with Gasteiger partial charge >= 0.3 is 5.97 Å². The van der Waals surface area contributed by atoms with Crippen LogP contribution in [0.3, 0.4) is 0 Å². The third-order valence-corrected chi connectivity index (χ3v) is 5.84. The minimum Gasteiger partial charge on any atom is -0.481 e. The van der Waals surface area contributed by atoms with E-state index in [9.17, 15) is 14.7 Å². The number of hydrogen-bond donors (Lipinski definition) is 2. The van der Waals surface area contributed by atoms with Crippen LogP contribution < -0.4 is 10.1 Å².